The number of thioether (sulfide) groups is 1. The number of hydrogen-bond donors (Lipinski definition) is 1. The highest BCUT2D eigenvalue weighted by Gasteiger charge is 2.25. The van der Waals surface area contributed by atoms with Gasteiger partial charge in [-0.05, 0) is 43.2 Å². The molecule has 1 aliphatic rings. The van der Waals surface area contributed by atoms with Crippen molar-refractivity contribution in [2.24, 2.45) is 5.92 Å². The van der Waals surface area contributed by atoms with Crippen LogP contribution in [-0.2, 0) is 10.0 Å². The topological polar surface area (TPSA) is 84.3 Å². The highest BCUT2D eigenvalue weighted by molar-refractivity contribution is 7.98. The van der Waals surface area contributed by atoms with Crippen LogP contribution < -0.4 is 4.72 Å². The van der Waals surface area contributed by atoms with E-state index in [0.717, 1.165) is 29.9 Å². The van der Waals surface area contributed by atoms with Crippen LogP contribution in [0.5, 0.6) is 0 Å². The molecule has 0 saturated carbocycles. The number of carbonyl (C=O) groups excluding carboxylic acids is 1. The SMILES string of the molecule is CSc1nccn1-c1cccc(C(=O)N2CCC[C@H](CNS(C)(=O)=O)C2)c1. The molecule has 1 aliphatic heterocycles. The zero-order chi connectivity index (χ0) is 19.4. The lowest BCUT2D eigenvalue weighted by atomic mass is 9.97. The van der Waals surface area contributed by atoms with E-state index in [9.17, 15) is 13.2 Å². The zero-order valence-electron chi connectivity index (χ0n) is 15.5. The summed E-state index contributed by atoms with van der Waals surface area (Å²) >= 11 is 1.55. The van der Waals surface area contributed by atoms with Gasteiger partial charge in [0.1, 0.15) is 0 Å². The zero-order valence-corrected chi connectivity index (χ0v) is 17.1. The van der Waals surface area contributed by atoms with Gasteiger partial charge in [-0.2, -0.15) is 0 Å². The minimum absolute atomic E-state index is 0.0216. The molecule has 0 bridgehead atoms. The molecule has 0 unspecified atom stereocenters. The van der Waals surface area contributed by atoms with Crippen molar-refractivity contribution in [3.8, 4) is 5.69 Å². The Balaban J connectivity index is 1.73. The van der Waals surface area contributed by atoms with Crippen LogP contribution in [-0.4, -0.2) is 60.9 Å². The number of rotatable bonds is 6. The van der Waals surface area contributed by atoms with Gasteiger partial charge in [-0.25, -0.2) is 18.1 Å². The monoisotopic (exact) mass is 408 g/mol. The maximum atomic E-state index is 13.0. The average molecular weight is 409 g/mol. The first kappa shape index (κ1) is 19.9. The number of hydrogen-bond acceptors (Lipinski definition) is 5. The van der Waals surface area contributed by atoms with E-state index >= 15 is 0 Å². The number of carbonyl (C=O) groups is 1. The molecular formula is C18H24N4O3S2. The first-order chi connectivity index (χ1) is 12.9. The molecule has 3 rings (SSSR count). The second-order valence-corrected chi connectivity index (χ2v) is 9.32. The molecule has 146 valence electrons. The third-order valence-corrected chi connectivity index (χ3v) is 5.96. The molecule has 1 atom stereocenters. The van der Waals surface area contributed by atoms with Crippen LogP contribution in [0.3, 0.4) is 0 Å². The molecule has 0 spiro atoms. The number of aromatic nitrogens is 2. The number of piperidine rings is 1. The molecule has 0 radical (unpaired) electrons. The molecule has 27 heavy (non-hydrogen) atoms. The number of benzene rings is 1. The number of likely N-dealkylation sites (tertiary alicyclic amines) is 1. The summed E-state index contributed by atoms with van der Waals surface area (Å²) in [5.41, 5.74) is 1.53. The van der Waals surface area contributed by atoms with Gasteiger partial charge in [-0.1, -0.05) is 17.8 Å². The van der Waals surface area contributed by atoms with E-state index < -0.39 is 10.0 Å². The number of nitrogens with one attached hydrogen (secondary N) is 1. The fourth-order valence-corrected chi connectivity index (χ4v) is 4.36. The minimum atomic E-state index is -3.21. The molecule has 2 aromatic rings. The van der Waals surface area contributed by atoms with Crippen molar-refractivity contribution in [1.29, 1.82) is 0 Å². The fraction of sp³-hybridized carbons (Fsp3) is 0.444. The highest BCUT2D eigenvalue weighted by Crippen LogP contribution is 2.22. The van der Waals surface area contributed by atoms with Crippen molar-refractivity contribution in [1.82, 2.24) is 19.2 Å². The lowest BCUT2D eigenvalue weighted by molar-refractivity contribution is 0.0676. The van der Waals surface area contributed by atoms with Gasteiger partial charge < -0.3 is 4.90 Å². The van der Waals surface area contributed by atoms with E-state index in [1.807, 2.05) is 46.2 Å². The van der Waals surface area contributed by atoms with Crippen molar-refractivity contribution < 1.29 is 13.2 Å². The van der Waals surface area contributed by atoms with Crippen LogP contribution >= 0.6 is 11.8 Å². The summed E-state index contributed by atoms with van der Waals surface area (Å²) in [6, 6.07) is 7.52. The van der Waals surface area contributed by atoms with E-state index in [4.69, 9.17) is 0 Å². The molecular weight excluding hydrogens is 384 g/mol. The molecule has 9 heteroatoms. The maximum absolute atomic E-state index is 13.0. The molecule has 2 heterocycles. The van der Waals surface area contributed by atoms with Gasteiger partial charge in [0.25, 0.3) is 5.91 Å². The Labute approximate surface area is 164 Å². The molecule has 1 aromatic heterocycles. The van der Waals surface area contributed by atoms with Crippen molar-refractivity contribution >= 4 is 27.7 Å². The molecule has 7 nitrogen and oxygen atoms in total. The first-order valence-corrected chi connectivity index (χ1v) is 11.9. The number of sulfonamides is 1. The molecule has 0 aliphatic carbocycles. The fourth-order valence-electron chi connectivity index (χ4n) is 3.29. The minimum Gasteiger partial charge on any atom is -0.338 e. The van der Waals surface area contributed by atoms with Crippen molar-refractivity contribution in [3.05, 3.63) is 42.2 Å². The smallest absolute Gasteiger partial charge is 0.253 e. The van der Waals surface area contributed by atoms with E-state index in [1.54, 1.807) is 18.0 Å². The first-order valence-electron chi connectivity index (χ1n) is 8.79. The maximum Gasteiger partial charge on any atom is 0.253 e. The predicted molar refractivity (Wildman–Crippen MR) is 107 cm³/mol. The third kappa shape index (κ3) is 5.12. The summed E-state index contributed by atoms with van der Waals surface area (Å²) in [4.78, 5) is 19.1. The summed E-state index contributed by atoms with van der Waals surface area (Å²) < 4.78 is 27.1. The molecule has 1 N–H and O–H groups in total. The standard InChI is InChI=1S/C18H24N4O3S2/c1-26-18-19-8-10-22(18)16-7-3-6-15(11-16)17(23)21-9-4-5-14(13-21)12-20-27(2,24)25/h3,6-8,10-11,14,20H,4-5,9,12-13H2,1-2H3/t14-/m1/s1. The largest absolute Gasteiger partial charge is 0.338 e. The quantitative estimate of drug-likeness (QED) is 0.739. The molecule has 1 amide bonds. The summed E-state index contributed by atoms with van der Waals surface area (Å²) in [5, 5.41) is 0.865. The Morgan fingerprint density at radius 2 is 2.22 bits per heavy atom. The van der Waals surface area contributed by atoms with Gasteiger partial charge in [-0.15, -0.1) is 0 Å². The van der Waals surface area contributed by atoms with Crippen molar-refractivity contribution in [3.63, 3.8) is 0 Å². The van der Waals surface area contributed by atoms with Crippen LogP contribution in [0.1, 0.15) is 23.2 Å². The number of amides is 1. The summed E-state index contributed by atoms with van der Waals surface area (Å²) in [5.74, 6) is 0.115. The lowest BCUT2D eigenvalue weighted by Crippen LogP contribution is -2.43. The Morgan fingerprint density at radius 3 is 2.96 bits per heavy atom. The van der Waals surface area contributed by atoms with E-state index in [0.29, 0.717) is 25.2 Å². The summed E-state index contributed by atoms with van der Waals surface area (Å²) in [7, 11) is -3.21. The highest BCUT2D eigenvalue weighted by atomic mass is 32.2. The second-order valence-electron chi connectivity index (χ2n) is 6.71. The van der Waals surface area contributed by atoms with Gasteiger partial charge in [-0.3, -0.25) is 9.36 Å². The molecule has 1 aromatic carbocycles. The Morgan fingerprint density at radius 1 is 1.41 bits per heavy atom. The Bertz CT molecular complexity index is 911. The number of imidazole rings is 1. The average Bonchev–Trinajstić information content (AvgIpc) is 3.14. The number of nitrogens with zero attached hydrogens (tertiary/aromatic N) is 3. The van der Waals surface area contributed by atoms with Crippen LogP contribution in [0.15, 0.2) is 41.8 Å². The van der Waals surface area contributed by atoms with Gasteiger partial charge in [0.2, 0.25) is 10.0 Å². The molecule has 1 fully saturated rings. The summed E-state index contributed by atoms with van der Waals surface area (Å²) in [6.45, 7) is 1.63. The second kappa shape index (κ2) is 8.45. The van der Waals surface area contributed by atoms with Gasteiger partial charge in [0.05, 0.1) is 6.26 Å². The van der Waals surface area contributed by atoms with Gasteiger partial charge in [0, 0.05) is 43.3 Å². The van der Waals surface area contributed by atoms with E-state index in [1.165, 1.54) is 0 Å². The normalized spacial score (nSPS) is 17.9. The van der Waals surface area contributed by atoms with Crippen LogP contribution in [0.25, 0.3) is 5.69 Å². The van der Waals surface area contributed by atoms with Gasteiger partial charge >= 0.3 is 0 Å². The lowest BCUT2D eigenvalue weighted by Gasteiger charge is -2.33. The van der Waals surface area contributed by atoms with Crippen molar-refractivity contribution in [2.45, 2.75) is 18.0 Å². The van der Waals surface area contributed by atoms with Crippen LogP contribution in [0, 0.1) is 5.92 Å². The van der Waals surface area contributed by atoms with E-state index in [-0.39, 0.29) is 11.8 Å². The predicted octanol–water partition coefficient (Wildman–Crippen LogP) is 2.00. The van der Waals surface area contributed by atoms with Crippen LogP contribution in [0.4, 0.5) is 0 Å². The van der Waals surface area contributed by atoms with Crippen molar-refractivity contribution in [2.75, 3.05) is 32.1 Å². The molecule has 1 saturated heterocycles. The Kier molecular flexibility index (Phi) is 6.23. The summed E-state index contributed by atoms with van der Waals surface area (Å²) in [6.07, 6.45) is 8.53. The Hall–Kier alpha value is -1.84. The van der Waals surface area contributed by atoms with Gasteiger partial charge in [0.15, 0.2) is 5.16 Å². The third-order valence-electron chi connectivity index (χ3n) is 4.60. The van der Waals surface area contributed by atoms with Crippen LogP contribution in [0.2, 0.25) is 0 Å². The van der Waals surface area contributed by atoms with E-state index in [2.05, 4.69) is 9.71 Å².